The Balaban J connectivity index is 1.62. The molecule has 0 heterocycles. The number of rotatable bonds is 8. The summed E-state index contributed by atoms with van der Waals surface area (Å²) in [5.41, 5.74) is -0.452. The van der Waals surface area contributed by atoms with E-state index in [2.05, 4.69) is 10.6 Å². The maximum Gasteiger partial charge on any atom is 0.223 e. The largest absolute Gasteiger partial charge is 0.385 e. The molecule has 0 aliphatic heterocycles. The van der Waals surface area contributed by atoms with Gasteiger partial charge in [0.05, 0.1) is 12.0 Å². The van der Waals surface area contributed by atoms with E-state index in [4.69, 9.17) is 0 Å². The van der Waals surface area contributed by atoms with Gasteiger partial charge >= 0.3 is 0 Å². The lowest BCUT2D eigenvalue weighted by Gasteiger charge is -2.24. The van der Waals surface area contributed by atoms with Crippen molar-refractivity contribution < 1.29 is 14.7 Å². The van der Waals surface area contributed by atoms with Crippen LogP contribution in [-0.4, -0.2) is 30.0 Å². The fourth-order valence-electron chi connectivity index (χ4n) is 2.62. The molecule has 5 heteroatoms. The van der Waals surface area contributed by atoms with Crippen LogP contribution in [0, 0.1) is 5.92 Å². The van der Waals surface area contributed by atoms with E-state index in [1.807, 2.05) is 30.3 Å². The van der Waals surface area contributed by atoms with Crippen molar-refractivity contribution in [1.82, 2.24) is 10.6 Å². The van der Waals surface area contributed by atoms with Gasteiger partial charge in [0, 0.05) is 19.0 Å². The lowest BCUT2D eigenvalue weighted by atomic mass is 9.85. The van der Waals surface area contributed by atoms with Crippen molar-refractivity contribution in [2.45, 2.75) is 44.6 Å². The summed E-state index contributed by atoms with van der Waals surface area (Å²) in [6, 6.07) is 9.17. The van der Waals surface area contributed by atoms with Crippen molar-refractivity contribution in [1.29, 1.82) is 0 Å². The fraction of sp³-hybridized carbons (Fsp3) is 0.556. The molecule has 1 aliphatic carbocycles. The van der Waals surface area contributed by atoms with E-state index in [9.17, 15) is 14.7 Å². The molecule has 2 amide bonds. The Hall–Kier alpha value is -1.88. The van der Waals surface area contributed by atoms with Crippen molar-refractivity contribution in [3.63, 3.8) is 0 Å². The molecule has 0 aromatic heterocycles. The van der Waals surface area contributed by atoms with Gasteiger partial charge in [-0.15, -0.1) is 0 Å². The predicted octanol–water partition coefficient (Wildman–Crippen LogP) is 1.71. The lowest BCUT2D eigenvalue weighted by Crippen LogP contribution is -2.37. The molecule has 1 fully saturated rings. The molecule has 1 aliphatic rings. The lowest BCUT2D eigenvalue weighted by molar-refractivity contribution is -0.127. The highest BCUT2D eigenvalue weighted by Crippen LogP contribution is 2.26. The molecular weight excluding hydrogens is 292 g/mol. The maximum atomic E-state index is 11.9. The maximum absolute atomic E-state index is 11.9. The molecule has 1 aromatic rings. The molecule has 2 rings (SSSR count). The highest BCUT2D eigenvalue weighted by molar-refractivity contribution is 5.79. The minimum Gasteiger partial charge on any atom is -0.385 e. The molecule has 3 N–H and O–H groups in total. The summed E-state index contributed by atoms with van der Waals surface area (Å²) in [5.74, 6) is 0.143. The summed E-state index contributed by atoms with van der Waals surface area (Å²) in [4.78, 5) is 23.6. The van der Waals surface area contributed by atoms with Gasteiger partial charge in [-0.05, 0) is 31.7 Å². The minimum absolute atomic E-state index is 0.0193. The third-order valence-corrected chi connectivity index (χ3v) is 4.35. The number of hydrogen-bond acceptors (Lipinski definition) is 3. The van der Waals surface area contributed by atoms with E-state index in [-0.39, 0.29) is 24.2 Å². The van der Waals surface area contributed by atoms with E-state index in [0.717, 1.165) is 24.8 Å². The van der Waals surface area contributed by atoms with E-state index in [1.54, 1.807) is 6.92 Å². The monoisotopic (exact) mass is 318 g/mol. The second-order valence-electron chi connectivity index (χ2n) is 6.44. The van der Waals surface area contributed by atoms with Crippen LogP contribution in [0.25, 0.3) is 0 Å². The summed E-state index contributed by atoms with van der Waals surface area (Å²) in [7, 11) is 0. The molecule has 1 atom stereocenters. The Kier molecular flexibility index (Phi) is 6.16. The number of carbonyl (C=O) groups excluding carboxylic acids is 2. The van der Waals surface area contributed by atoms with Gasteiger partial charge in [-0.3, -0.25) is 9.59 Å². The molecule has 126 valence electrons. The summed E-state index contributed by atoms with van der Waals surface area (Å²) in [6.07, 6.45) is 3.85. The molecule has 5 nitrogen and oxygen atoms in total. The first-order chi connectivity index (χ1) is 11.0. The van der Waals surface area contributed by atoms with Crippen molar-refractivity contribution in [2.24, 2.45) is 5.92 Å². The van der Waals surface area contributed by atoms with Gasteiger partial charge < -0.3 is 15.7 Å². The van der Waals surface area contributed by atoms with E-state index in [0.29, 0.717) is 19.5 Å². The van der Waals surface area contributed by atoms with Crippen LogP contribution in [0.2, 0.25) is 0 Å². The number of aliphatic hydroxyl groups is 1. The second kappa shape index (κ2) is 8.11. The van der Waals surface area contributed by atoms with Gasteiger partial charge in [0.1, 0.15) is 0 Å². The molecule has 23 heavy (non-hydrogen) atoms. The first-order valence-electron chi connectivity index (χ1n) is 8.31. The van der Waals surface area contributed by atoms with E-state index < -0.39 is 5.60 Å². The number of nitrogens with one attached hydrogen (secondary N) is 2. The van der Waals surface area contributed by atoms with Crippen LogP contribution in [0.4, 0.5) is 0 Å². The molecule has 0 bridgehead atoms. The smallest absolute Gasteiger partial charge is 0.223 e. The van der Waals surface area contributed by atoms with Gasteiger partial charge in [0.25, 0.3) is 0 Å². The molecule has 1 saturated carbocycles. The van der Waals surface area contributed by atoms with Crippen LogP contribution in [0.15, 0.2) is 30.3 Å². The van der Waals surface area contributed by atoms with Gasteiger partial charge in [0.2, 0.25) is 11.8 Å². The van der Waals surface area contributed by atoms with Crippen molar-refractivity contribution in [2.75, 3.05) is 13.1 Å². The summed E-state index contributed by atoms with van der Waals surface area (Å²) >= 11 is 0. The highest BCUT2D eigenvalue weighted by Gasteiger charge is 2.26. The van der Waals surface area contributed by atoms with Gasteiger partial charge in [-0.25, -0.2) is 0 Å². The standard InChI is InChI=1S/C18H26N2O3/c1-18(23,15-9-3-2-4-10-15)13-16(21)19-11-6-12-20-17(22)14-7-5-8-14/h2-4,9-10,14,23H,5-8,11-13H2,1H3,(H,19,21)(H,20,22). The van der Waals surface area contributed by atoms with Gasteiger partial charge in [-0.2, -0.15) is 0 Å². The first kappa shape index (κ1) is 17.5. The molecule has 1 unspecified atom stereocenters. The average Bonchev–Trinajstić information content (AvgIpc) is 2.45. The van der Waals surface area contributed by atoms with E-state index >= 15 is 0 Å². The predicted molar refractivity (Wildman–Crippen MR) is 88.6 cm³/mol. The van der Waals surface area contributed by atoms with Crippen LogP contribution in [0.3, 0.4) is 0 Å². The third kappa shape index (κ3) is 5.36. The van der Waals surface area contributed by atoms with Crippen LogP contribution < -0.4 is 10.6 Å². The Bertz CT molecular complexity index is 524. The topological polar surface area (TPSA) is 78.4 Å². The molecule has 0 saturated heterocycles. The van der Waals surface area contributed by atoms with Crippen LogP contribution >= 0.6 is 0 Å². The van der Waals surface area contributed by atoms with Crippen LogP contribution in [0.5, 0.6) is 0 Å². The normalized spacial score (nSPS) is 17.0. The quantitative estimate of drug-likeness (QED) is 0.639. The number of amides is 2. The van der Waals surface area contributed by atoms with Gasteiger partial charge in [-0.1, -0.05) is 36.8 Å². The number of benzene rings is 1. The molecule has 1 aromatic carbocycles. The zero-order chi connectivity index (χ0) is 16.7. The number of carbonyl (C=O) groups is 2. The summed E-state index contributed by atoms with van der Waals surface area (Å²) in [6.45, 7) is 2.71. The first-order valence-corrected chi connectivity index (χ1v) is 8.31. The molecule has 0 spiro atoms. The highest BCUT2D eigenvalue weighted by atomic mass is 16.3. The molecular formula is C18H26N2O3. The zero-order valence-electron chi connectivity index (χ0n) is 13.7. The summed E-state index contributed by atoms with van der Waals surface area (Å²) < 4.78 is 0. The average molecular weight is 318 g/mol. The van der Waals surface area contributed by atoms with Crippen molar-refractivity contribution >= 4 is 11.8 Å². The van der Waals surface area contributed by atoms with E-state index in [1.165, 1.54) is 0 Å². The Morgan fingerprint density at radius 2 is 1.83 bits per heavy atom. The number of hydrogen-bond donors (Lipinski definition) is 3. The Labute approximate surface area is 137 Å². The summed E-state index contributed by atoms with van der Waals surface area (Å²) in [5, 5.41) is 16.1. The van der Waals surface area contributed by atoms with Crippen molar-refractivity contribution in [3.05, 3.63) is 35.9 Å². The van der Waals surface area contributed by atoms with Crippen molar-refractivity contribution in [3.8, 4) is 0 Å². The van der Waals surface area contributed by atoms with Gasteiger partial charge in [0.15, 0.2) is 0 Å². The second-order valence-corrected chi connectivity index (χ2v) is 6.44. The minimum atomic E-state index is -1.18. The Morgan fingerprint density at radius 1 is 1.17 bits per heavy atom. The Morgan fingerprint density at radius 3 is 2.43 bits per heavy atom. The SMILES string of the molecule is CC(O)(CC(=O)NCCCNC(=O)C1CCC1)c1ccccc1. The zero-order valence-corrected chi connectivity index (χ0v) is 13.7. The fourth-order valence-corrected chi connectivity index (χ4v) is 2.62. The third-order valence-electron chi connectivity index (χ3n) is 4.35. The van der Waals surface area contributed by atoms with Crippen LogP contribution in [0.1, 0.15) is 44.6 Å². The van der Waals surface area contributed by atoms with Crippen LogP contribution in [-0.2, 0) is 15.2 Å². The molecule has 0 radical (unpaired) electrons.